The van der Waals surface area contributed by atoms with E-state index in [4.69, 9.17) is 0 Å². The van der Waals surface area contributed by atoms with Gasteiger partial charge in [-0.2, -0.15) is 0 Å². The third kappa shape index (κ3) is 3.95. The number of hydrogen-bond acceptors (Lipinski definition) is 7. The lowest BCUT2D eigenvalue weighted by atomic mass is 10.2. The molecule has 30 heavy (non-hydrogen) atoms. The molecule has 1 N–H and O–H groups in total. The van der Waals surface area contributed by atoms with Crippen LogP contribution in [0, 0.1) is 10.1 Å². The van der Waals surface area contributed by atoms with Crippen molar-refractivity contribution >= 4 is 28.7 Å². The van der Waals surface area contributed by atoms with Crippen LogP contribution in [0.5, 0.6) is 5.75 Å². The van der Waals surface area contributed by atoms with Gasteiger partial charge in [0.15, 0.2) is 0 Å². The van der Waals surface area contributed by atoms with Crippen LogP contribution in [-0.2, 0) is 6.42 Å². The average molecular weight is 417 g/mol. The third-order valence-corrected chi connectivity index (χ3v) is 4.48. The fourth-order valence-corrected chi connectivity index (χ4v) is 3.26. The maximum Gasteiger partial charge on any atom is 0.573 e. The Morgan fingerprint density at radius 3 is 2.53 bits per heavy atom. The third-order valence-electron chi connectivity index (χ3n) is 4.48. The zero-order valence-corrected chi connectivity index (χ0v) is 15.3. The van der Waals surface area contributed by atoms with E-state index in [0.29, 0.717) is 12.2 Å². The molecule has 3 aromatic rings. The van der Waals surface area contributed by atoms with E-state index in [1.54, 1.807) is 4.90 Å². The van der Waals surface area contributed by atoms with E-state index in [2.05, 4.69) is 20.0 Å². The first-order valence-electron chi connectivity index (χ1n) is 8.79. The van der Waals surface area contributed by atoms with Gasteiger partial charge in [-0.05, 0) is 42.3 Å². The molecular weight excluding hydrogens is 403 g/mol. The summed E-state index contributed by atoms with van der Waals surface area (Å²) < 4.78 is 40.7. The highest BCUT2D eigenvalue weighted by atomic mass is 19.4. The molecule has 0 fully saturated rings. The van der Waals surface area contributed by atoms with Crippen LogP contribution in [0.3, 0.4) is 0 Å². The Morgan fingerprint density at radius 1 is 1.10 bits per heavy atom. The average Bonchev–Trinajstić information content (AvgIpc) is 3.12. The molecule has 0 bridgehead atoms. The second kappa shape index (κ2) is 7.50. The molecule has 0 radical (unpaired) electrons. The molecule has 1 aliphatic heterocycles. The summed E-state index contributed by atoms with van der Waals surface area (Å²) in [5.74, 6) is -0.335. The van der Waals surface area contributed by atoms with E-state index in [9.17, 15) is 23.3 Å². The van der Waals surface area contributed by atoms with Gasteiger partial charge in [0.2, 0.25) is 11.6 Å². The Morgan fingerprint density at radius 2 is 1.83 bits per heavy atom. The number of nitrogens with zero attached hydrogens (tertiary/aromatic N) is 4. The van der Waals surface area contributed by atoms with Crippen molar-refractivity contribution in [2.45, 2.75) is 12.8 Å². The monoisotopic (exact) mass is 417 g/mol. The summed E-state index contributed by atoms with van der Waals surface area (Å²) in [5, 5.41) is 14.6. The van der Waals surface area contributed by atoms with Crippen molar-refractivity contribution in [3.8, 4) is 5.75 Å². The lowest BCUT2D eigenvalue weighted by Gasteiger charge is -2.19. The predicted molar refractivity (Wildman–Crippen MR) is 102 cm³/mol. The lowest BCUT2D eigenvalue weighted by molar-refractivity contribution is -0.383. The van der Waals surface area contributed by atoms with Crippen molar-refractivity contribution < 1.29 is 22.8 Å². The highest BCUT2D eigenvalue weighted by molar-refractivity contribution is 5.80. The van der Waals surface area contributed by atoms with Crippen molar-refractivity contribution in [1.82, 2.24) is 9.97 Å². The number of aromatic nitrogens is 2. The maximum absolute atomic E-state index is 12.3. The van der Waals surface area contributed by atoms with Gasteiger partial charge in [-0.25, -0.2) is 9.97 Å². The number of benzene rings is 2. The Bertz CT molecular complexity index is 1090. The Hall–Kier alpha value is -3.89. The molecule has 2 heterocycles. The highest BCUT2D eigenvalue weighted by Gasteiger charge is 2.32. The van der Waals surface area contributed by atoms with Crippen molar-refractivity contribution in [3.63, 3.8) is 0 Å². The Kier molecular flexibility index (Phi) is 4.86. The van der Waals surface area contributed by atoms with E-state index in [0.717, 1.165) is 29.8 Å². The second-order valence-corrected chi connectivity index (χ2v) is 6.38. The topological polar surface area (TPSA) is 93.4 Å². The van der Waals surface area contributed by atoms with Crippen molar-refractivity contribution in [2.24, 2.45) is 0 Å². The van der Waals surface area contributed by atoms with Crippen molar-refractivity contribution in [1.29, 1.82) is 0 Å². The summed E-state index contributed by atoms with van der Waals surface area (Å²) in [5.41, 5.74) is 1.86. The van der Waals surface area contributed by atoms with E-state index in [-0.39, 0.29) is 17.3 Å². The van der Waals surface area contributed by atoms with Gasteiger partial charge in [-0.15, -0.1) is 13.2 Å². The van der Waals surface area contributed by atoms with Gasteiger partial charge >= 0.3 is 12.0 Å². The molecule has 1 aliphatic rings. The molecule has 8 nitrogen and oxygen atoms in total. The highest BCUT2D eigenvalue weighted by Crippen LogP contribution is 2.40. The van der Waals surface area contributed by atoms with Crippen LogP contribution in [0.1, 0.15) is 5.56 Å². The van der Waals surface area contributed by atoms with Gasteiger partial charge in [0.05, 0.1) is 4.92 Å². The second-order valence-electron chi connectivity index (χ2n) is 6.38. The van der Waals surface area contributed by atoms with Gasteiger partial charge < -0.3 is 15.0 Å². The molecule has 0 unspecified atom stereocenters. The fraction of sp³-hybridized carbons (Fsp3) is 0.158. The van der Waals surface area contributed by atoms with E-state index in [1.807, 2.05) is 24.3 Å². The quantitative estimate of drug-likeness (QED) is 0.474. The standard InChI is InChI=1S/C19H14F3N5O3/c20-19(21,22)30-14-7-5-13(6-8-14)25-17-16(27(28)29)18(24-11-23-17)26-10-9-12-3-1-2-4-15(12)26/h1-8,11H,9-10H2,(H,23,24,25). The summed E-state index contributed by atoms with van der Waals surface area (Å²) in [4.78, 5) is 21.1. The molecule has 0 amide bonds. The van der Waals surface area contributed by atoms with Crippen LogP contribution in [0.15, 0.2) is 54.9 Å². The molecule has 4 rings (SSSR count). The number of fused-ring (bicyclic) bond motifs is 1. The number of hydrogen-bond donors (Lipinski definition) is 1. The first-order chi connectivity index (χ1) is 14.3. The summed E-state index contributed by atoms with van der Waals surface area (Å²) in [6.07, 6.45) is -2.88. The maximum atomic E-state index is 12.3. The molecule has 0 aliphatic carbocycles. The summed E-state index contributed by atoms with van der Waals surface area (Å²) in [6, 6.07) is 12.4. The van der Waals surface area contributed by atoms with E-state index >= 15 is 0 Å². The molecule has 154 valence electrons. The number of ether oxygens (including phenoxy) is 1. The summed E-state index contributed by atoms with van der Waals surface area (Å²) in [6.45, 7) is 0.528. The number of nitrogens with one attached hydrogen (secondary N) is 1. The number of para-hydroxylation sites is 1. The molecule has 0 saturated carbocycles. The van der Waals surface area contributed by atoms with Gasteiger partial charge in [0.1, 0.15) is 12.1 Å². The SMILES string of the molecule is O=[N+]([O-])c1c(Nc2ccc(OC(F)(F)F)cc2)ncnc1N1CCc2ccccc21. The molecule has 0 spiro atoms. The van der Waals surface area contributed by atoms with Gasteiger partial charge in [0.25, 0.3) is 0 Å². The van der Waals surface area contributed by atoms with Crippen molar-refractivity contribution in [3.05, 3.63) is 70.5 Å². The number of anilines is 4. The normalized spacial score (nSPS) is 13.1. The van der Waals surface area contributed by atoms with Gasteiger partial charge in [0, 0.05) is 17.9 Å². The molecule has 2 aromatic carbocycles. The summed E-state index contributed by atoms with van der Waals surface area (Å²) in [7, 11) is 0. The molecule has 1 aromatic heterocycles. The summed E-state index contributed by atoms with van der Waals surface area (Å²) >= 11 is 0. The van der Waals surface area contributed by atoms with Crippen molar-refractivity contribution in [2.75, 3.05) is 16.8 Å². The van der Waals surface area contributed by atoms with Crippen LogP contribution in [0.2, 0.25) is 0 Å². The first kappa shape index (κ1) is 19.4. The molecular formula is C19H14F3N5O3. The largest absolute Gasteiger partial charge is 0.573 e. The Balaban J connectivity index is 1.65. The Labute approximate surface area is 168 Å². The van der Waals surface area contributed by atoms with E-state index in [1.165, 1.54) is 18.5 Å². The number of rotatable bonds is 5. The minimum Gasteiger partial charge on any atom is -0.406 e. The number of halogens is 3. The number of alkyl halides is 3. The zero-order valence-electron chi connectivity index (χ0n) is 15.3. The van der Waals surface area contributed by atoms with E-state index < -0.39 is 17.0 Å². The number of nitro groups is 1. The lowest BCUT2D eigenvalue weighted by Crippen LogP contribution is -2.18. The van der Waals surface area contributed by atoms with Crippen LogP contribution in [0.25, 0.3) is 0 Å². The predicted octanol–water partition coefficient (Wildman–Crippen LogP) is 4.72. The van der Waals surface area contributed by atoms with Crippen LogP contribution in [-0.4, -0.2) is 27.8 Å². The van der Waals surface area contributed by atoms with Gasteiger partial charge in [-0.3, -0.25) is 10.1 Å². The smallest absolute Gasteiger partial charge is 0.406 e. The van der Waals surface area contributed by atoms with Gasteiger partial charge in [-0.1, -0.05) is 18.2 Å². The van der Waals surface area contributed by atoms with Crippen LogP contribution >= 0.6 is 0 Å². The van der Waals surface area contributed by atoms with Crippen LogP contribution < -0.4 is 15.0 Å². The minimum absolute atomic E-state index is 0.0705. The first-order valence-corrected chi connectivity index (χ1v) is 8.79. The zero-order chi connectivity index (χ0) is 21.3. The fourth-order valence-electron chi connectivity index (χ4n) is 3.26. The molecule has 11 heteroatoms. The van der Waals surface area contributed by atoms with Crippen LogP contribution in [0.4, 0.5) is 41.9 Å². The molecule has 0 saturated heterocycles. The molecule has 0 atom stereocenters. The minimum atomic E-state index is -4.80.